The lowest BCUT2D eigenvalue weighted by atomic mass is 10.0. The van der Waals surface area contributed by atoms with Crippen molar-refractivity contribution in [2.45, 2.75) is 25.7 Å². The molecule has 33 heavy (non-hydrogen) atoms. The highest BCUT2D eigenvalue weighted by molar-refractivity contribution is 6.32. The maximum atomic E-state index is 10.9. The van der Waals surface area contributed by atoms with Crippen LogP contribution in [0.15, 0.2) is 48.8 Å². The predicted octanol–water partition coefficient (Wildman–Crippen LogP) is 3.36. The van der Waals surface area contributed by atoms with E-state index in [1.54, 1.807) is 6.07 Å². The van der Waals surface area contributed by atoms with E-state index >= 15 is 0 Å². The van der Waals surface area contributed by atoms with E-state index in [9.17, 15) is 9.59 Å². The average Bonchev–Trinajstić information content (AvgIpc) is 3.47. The Balaban J connectivity index is 0.000000139. The number of hydrogen-bond acceptors (Lipinski definition) is 8. The highest BCUT2D eigenvalue weighted by Crippen LogP contribution is 2.36. The van der Waals surface area contributed by atoms with Crippen molar-refractivity contribution in [1.82, 2.24) is 20.4 Å². The molecule has 6 rings (SSSR count). The summed E-state index contributed by atoms with van der Waals surface area (Å²) in [4.78, 5) is 21.7. The van der Waals surface area contributed by atoms with Gasteiger partial charge in [0.1, 0.15) is 11.5 Å². The van der Waals surface area contributed by atoms with E-state index in [2.05, 4.69) is 20.4 Å². The van der Waals surface area contributed by atoms with Gasteiger partial charge in [-0.25, -0.2) is 19.8 Å². The first-order chi connectivity index (χ1) is 16.1. The van der Waals surface area contributed by atoms with Crippen LogP contribution in [0.25, 0.3) is 22.9 Å². The van der Waals surface area contributed by atoms with Crippen molar-refractivity contribution >= 4 is 11.6 Å². The average molecular weight is 471 g/mol. The van der Waals surface area contributed by atoms with Gasteiger partial charge in [0.2, 0.25) is 11.8 Å². The van der Waals surface area contributed by atoms with Crippen LogP contribution in [0.5, 0.6) is 11.5 Å². The fourth-order valence-corrected chi connectivity index (χ4v) is 4.05. The zero-order chi connectivity index (χ0) is 22.8. The number of aromatic nitrogens is 4. The third-order valence-corrected chi connectivity index (χ3v) is 5.52. The molecule has 2 aliphatic heterocycles. The summed E-state index contributed by atoms with van der Waals surface area (Å²) in [6.07, 6.45) is 3.85. The monoisotopic (exact) mass is 470 g/mol. The number of rotatable bonds is 2. The Bertz CT molecular complexity index is 1400. The lowest BCUT2D eigenvalue weighted by Gasteiger charge is -2.18. The van der Waals surface area contributed by atoms with Gasteiger partial charge >= 0.3 is 11.5 Å². The second-order valence-corrected chi connectivity index (χ2v) is 7.92. The van der Waals surface area contributed by atoms with Crippen molar-refractivity contribution in [2.75, 3.05) is 13.2 Å². The second-order valence-electron chi connectivity index (χ2n) is 7.51. The van der Waals surface area contributed by atoms with Crippen molar-refractivity contribution in [2.24, 2.45) is 0 Å². The minimum atomic E-state index is -0.579. The summed E-state index contributed by atoms with van der Waals surface area (Å²) in [7, 11) is 0. The fourth-order valence-electron chi connectivity index (χ4n) is 3.76. The van der Waals surface area contributed by atoms with E-state index in [0.29, 0.717) is 23.1 Å². The summed E-state index contributed by atoms with van der Waals surface area (Å²) in [5.74, 6) is 1.07. The standard InChI is InChI=1S/C11H9ClN2O3.C11H10N2O3/c12-8-5-7(10-13-14-11(15)17-10)4-6-2-1-3-16-9(6)8;14-11-13-12-10(16-11)8-3-4-9-7(6-8)2-1-5-15-9/h4-5H,1-3H2,(H,14,15);3-4,6H,1-2,5H2,(H,13,14). The Kier molecular flexibility index (Phi) is 5.74. The van der Waals surface area contributed by atoms with Gasteiger partial charge in [0.25, 0.3) is 0 Å². The van der Waals surface area contributed by atoms with Gasteiger partial charge in [-0.15, -0.1) is 10.2 Å². The lowest BCUT2D eigenvalue weighted by Crippen LogP contribution is -2.08. The van der Waals surface area contributed by atoms with Gasteiger partial charge in [0, 0.05) is 11.1 Å². The zero-order valence-corrected chi connectivity index (χ0v) is 18.1. The molecule has 0 atom stereocenters. The third-order valence-electron chi connectivity index (χ3n) is 5.24. The highest BCUT2D eigenvalue weighted by atomic mass is 35.5. The van der Waals surface area contributed by atoms with Gasteiger partial charge < -0.3 is 18.3 Å². The summed E-state index contributed by atoms with van der Waals surface area (Å²) < 4.78 is 20.8. The Morgan fingerprint density at radius 1 is 0.788 bits per heavy atom. The van der Waals surface area contributed by atoms with Crippen LogP contribution in [-0.4, -0.2) is 33.6 Å². The number of H-pyrrole nitrogens is 2. The highest BCUT2D eigenvalue weighted by Gasteiger charge is 2.18. The second kappa shape index (κ2) is 8.99. The van der Waals surface area contributed by atoms with E-state index in [1.807, 2.05) is 24.3 Å². The number of nitrogens with one attached hydrogen (secondary N) is 2. The molecule has 0 spiro atoms. The number of halogens is 1. The van der Waals surface area contributed by atoms with Gasteiger partial charge in [0.05, 0.1) is 18.2 Å². The normalized spacial score (nSPS) is 14.2. The largest absolute Gasteiger partial charge is 0.493 e. The van der Waals surface area contributed by atoms with Crippen molar-refractivity contribution in [3.05, 3.63) is 67.6 Å². The van der Waals surface area contributed by atoms with Gasteiger partial charge in [0.15, 0.2) is 0 Å². The molecule has 2 aliphatic rings. The molecular formula is C22H19ClN4O6. The topological polar surface area (TPSA) is 136 Å². The molecule has 4 heterocycles. The number of aromatic amines is 2. The van der Waals surface area contributed by atoms with Crippen molar-refractivity contribution in [3.8, 4) is 34.4 Å². The molecular weight excluding hydrogens is 452 g/mol. The molecule has 2 aromatic carbocycles. The molecule has 10 nitrogen and oxygen atoms in total. The van der Waals surface area contributed by atoms with Crippen molar-refractivity contribution < 1.29 is 18.3 Å². The number of ether oxygens (including phenoxy) is 2. The Hall–Kier alpha value is -3.79. The number of nitrogens with zero attached hydrogens (tertiary/aromatic N) is 2. The van der Waals surface area contributed by atoms with Crippen LogP contribution in [0.2, 0.25) is 5.02 Å². The van der Waals surface area contributed by atoms with E-state index in [4.69, 9.17) is 29.9 Å². The van der Waals surface area contributed by atoms with Crippen LogP contribution in [-0.2, 0) is 12.8 Å². The summed E-state index contributed by atoms with van der Waals surface area (Å²) in [6.45, 7) is 1.45. The number of fused-ring (bicyclic) bond motifs is 2. The van der Waals surface area contributed by atoms with Crippen LogP contribution in [0.1, 0.15) is 24.0 Å². The summed E-state index contributed by atoms with van der Waals surface area (Å²) in [5.41, 5.74) is 3.62. The number of benzene rings is 2. The van der Waals surface area contributed by atoms with Crippen LogP contribution in [0.3, 0.4) is 0 Å². The molecule has 0 unspecified atom stereocenters. The number of hydrogen-bond donors (Lipinski definition) is 2. The van der Waals surface area contributed by atoms with E-state index < -0.39 is 11.5 Å². The number of aryl methyl sites for hydroxylation is 2. The van der Waals surface area contributed by atoms with Crippen LogP contribution in [0, 0.1) is 0 Å². The molecule has 0 saturated heterocycles. The molecule has 0 aliphatic carbocycles. The Labute approximate surface area is 191 Å². The SMILES string of the molecule is O=c1[nH]nc(-c2cc(Cl)c3c(c2)CCCO3)o1.O=c1[nH]nc(-c2ccc3c(c2)CCCO3)o1. The molecule has 2 aromatic heterocycles. The Morgan fingerprint density at radius 2 is 1.42 bits per heavy atom. The molecule has 4 aromatic rings. The van der Waals surface area contributed by atoms with E-state index in [1.165, 1.54) is 0 Å². The molecule has 0 radical (unpaired) electrons. The molecule has 0 saturated carbocycles. The molecule has 11 heteroatoms. The molecule has 0 amide bonds. The molecule has 0 bridgehead atoms. The van der Waals surface area contributed by atoms with Gasteiger partial charge in [-0.2, -0.15) is 0 Å². The Morgan fingerprint density at radius 3 is 2.12 bits per heavy atom. The van der Waals surface area contributed by atoms with Gasteiger partial charge in [-0.3, -0.25) is 0 Å². The van der Waals surface area contributed by atoms with E-state index in [0.717, 1.165) is 60.5 Å². The third kappa shape index (κ3) is 4.56. The molecule has 0 fully saturated rings. The van der Waals surface area contributed by atoms with Gasteiger partial charge in [-0.05, 0) is 67.1 Å². The zero-order valence-electron chi connectivity index (χ0n) is 17.4. The smallest absolute Gasteiger partial charge is 0.434 e. The quantitative estimate of drug-likeness (QED) is 0.455. The first-order valence-corrected chi connectivity index (χ1v) is 10.8. The van der Waals surface area contributed by atoms with Crippen LogP contribution < -0.4 is 21.0 Å². The molecule has 2 N–H and O–H groups in total. The van der Waals surface area contributed by atoms with Crippen molar-refractivity contribution in [3.63, 3.8) is 0 Å². The predicted molar refractivity (Wildman–Crippen MR) is 118 cm³/mol. The first-order valence-electron chi connectivity index (χ1n) is 10.4. The summed E-state index contributed by atoms with van der Waals surface area (Å²) in [6, 6.07) is 9.25. The minimum absolute atomic E-state index is 0.241. The summed E-state index contributed by atoms with van der Waals surface area (Å²) >= 11 is 6.12. The van der Waals surface area contributed by atoms with E-state index in [-0.39, 0.29) is 5.89 Å². The first kappa shape index (κ1) is 21.1. The van der Waals surface area contributed by atoms with Crippen molar-refractivity contribution in [1.29, 1.82) is 0 Å². The van der Waals surface area contributed by atoms with Gasteiger partial charge in [-0.1, -0.05) is 11.6 Å². The lowest BCUT2D eigenvalue weighted by molar-refractivity contribution is 0.288. The molecule has 170 valence electrons. The van der Waals surface area contributed by atoms with Crippen LogP contribution >= 0.6 is 11.6 Å². The maximum Gasteiger partial charge on any atom is 0.434 e. The fraction of sp³-hybridized carbons (Fsp3) is 0.273. The minimum Gasteiger partial charge on any atom is -0.493 e. The summed E-state index contributed by atoms with van der Waals surface area (Å²) in [5, 5.41) is 12.5. The maximum absolute atomic E-state index is 10.9. The van der Waals surface area contributed by atoms with Crippen LogP contribution in [0.4, 0.5) is 0 Å².